The standard InChI is InChI=1S/C24H23ClN4O3/c1-2-12-29-19-14-28(15-20(30)26-13-16-8-4-3-5-9-16)23(31)21(19)22(27-24(29)32)17-10-6-7-11-18(17)25/h2-11,22H,1,12-15H2,(H,26,30)(H,27,32). The molecule has 2 aliphatic heterocycles. The number of carbonyl (C=O) groups excluding carboxylic acids is 3. The van der Waals surface area contributed by atoms with Crippen LogP contribution >= 0.6 is 11.6 Å². The van der Waals surface area contributed by atoms with E-state index in [1.165, 1.54) is 9.80 Å². The molecule has 8 heteroatoms. The maximum absolute atomic E-state index is 13.3. The van der Waals surface area contributed by atoms with Gasteiger partial charge in [-0.1, -0.05) is 66.2 Å². The van der Waals surface area contributed by atoms with E-state index in [0.29, 0.717) is 28.4 Å². The van der Waals surface area contributed by atoms with Crippen molar-refractivity contribution in [2.75, 3.05) is 19.6 Å². The van der Waals surface area contributed by atoms with Crippen LogP contribution in [0.5, 0.6) is 0 Å². The summed E-state index contributed by atoms with van der Waals surface area (Å²) in [6, 6.07) is 15.6. The first kappa shape index (κ1) is 21.6. The summed E-state index contributed by atoms with van der Waals surface area (Å²) in [5.41, 5.74) is 2.60. The fraction of sp³-hybridized carbons (Fsp3) is 0.208. The molecule has 164 valence electrons. The molecule has 4 rings (SSSR count). The molecule has 2 N–H and O–H groups in total. The molecule has 1 unspecified atom stereocenters. The highest BCUT2D eigenvalue weighted by Crippen LogP contribution is 2.38. The number of amides is 4. The lowest BCUT2D eigenvalue weighted by molar-refractivity contribution is -0.132. The second-order valence-electron chi connectivity index (χ2n) is 7.59. The predicted octanol–water partition coefficient (Wildman–Crippen LogP) is 3.01. The molecule has 0 aliphatic carbocycles. The molecular formula is C24H23ClN4O3. The first-order valence-electron chi connectivity index (χ1n) is 10.3. The summed E-state index contributed by atoms with van der Waals surface area (Å²) in [7, 11) is 0. The van der Waals surface area contributed by atoms with Gasteiger partial charge in [0.15, 0.2) is 0 Å². The van der Waals surface area contributed by atoms with Crippen molar-refractivity contribution in [1.82, 2.24) is 20.4 Å². The van der Waals surface area contributed by atoms with Crippen LogP contribution in [-0.4, -0.2) is 47.3 Å². The number of carbonyl (C=O) groups is 3. The summed E-state index contributed by atoms with van der Waals surface area (Å²) in [6.45, 7) is 4.39. The minimum atomic E-state index is -0.683. The Morgan fingerprint density at radius 1 is 1.16 bits per heavy atom. The normalized spacial score (nSPS) is 17.8. The van der Waals surface area contributed by atoms with E-state index >= 15 is 0 Å². The Kier molecular flexibility index (Phi) is 6.28. The van der Waals surface area contributed by atoms with Crippen molar-refractivity contribution in [1.29, 1.82) is 0 Å². The summed E-state index contributed by atoms with van der Waals surface area (Å²) in [4.78, 5) is 41.6. The number of halogens is 1. The van der Waals surface area contributed by atoms with Crippen molar-refractivity contribution >= 4 is 29.4 Å². The number of nitrogens with zero attached hydrogens (tertiary/aromatic N) is 2. The molecule has 2 aromatic rings. The Bertz CT molecular complexity index is 1100. The molecule has 0 bridgehead atoms. The van der Waals surface area contributed by atoms with Gasteiger partial charge in [0.2, 0.25) is 5.91 Å². The molecule has 0 radical (unpaired) electrons. The van der Waals surface area contributed by atoms with Gasteiger partial charge in [-0.2, -0.15) is 0 Å². The largest absolute Gasteiger partial charge is 0.350 e. The Balaban J connectivity index is 1.55. The van der Waals surface area contributed by atoms with E-state index in [0.717, 1.165) is 5.56 Å². The van der Waals surface area contributed by atoms with Gasteiger partial charge in [0.05, 0.1) is 23.9 Å². The van der Waals surface area contributed by atoms with Gasteiger partial charge < -0.3 is 15.5 Å². The summed E-state index contributed by atoms with van der Waals surface area (Å²) in [6.07, 6.45) is 1.60. The van der Waals surface area contributed by atoms with Gasteiger partial charge in [-0.05, 0) is 17.2 Å². The molecule has 0 spiro atoms. The minimum Gasteiger partial charge on any atom is -0.350 e. The van der Waals surface area contributed by atoms with Crippen LogP contribution in [0, 0.1) is 0 Å². The highest BCUT2D eigenvalue weighted by Gasteiger charge is 2.44. The number of urea groups is 1. The van der Waals surface area contributed by atoms with E-state index in [9.17, 15) is 14.4 Å². The molecule has 2 heterocycles. The van der Waals surface area contributed by atoms with Gasteiger partial charge in [0.25, 0.3) is 5.91 Å². The molecule has 32 heavy (non-hydrogen) atoms. The fourth-order valence-electron chi connectivity index (χ4n) is 3.97. The third-order valence-electron chi connectivity index (χ3n) is 5.49. The Labute approximate surface area is 191 Å². The van der Waals surface area contributed by atoms with Crippen molar-refractivity contribution < 1.29 is 14.4 Å². The zero-order chi connectivity index (χ0) is 22.7. The van der Waals surface area contributed by atoms with E-state index < -0.39 is 6.04 Å². The molecule has 0 saturated heterocycles. The SMILES string of the molecule is C=CCN1C(=O)NC(c2ccccc2Cl)C2=C1CN(CC(=O)NCc1ccccc1)C2=O. The fourth-order valence-corrected chi connectivity index (χ4v) is 4.21. The summed E-state index contributed by atoms with van der Waals surface area (Å²) < 4.78 is 0. The first-order chi connectivity index (χ1) is 15.5. The van der Waals surface area contributed by atoms with Crippen LogP contribution in [0.3, 0.4) is 0 Å². The van der Waals surface area contributed by atoms with Crippen molar-refractivity contribution in [3.8, 4) is 0 Å². The lowest BCUT2D eigenvalue weighted by Crippen LogP contribution is -2.47. The molecule has 0 saturated carbocycles. The molecule has 7 nitrogen and oxygen atoms in total. The highest BCUT2D eigenvalue weighted by molar-refractivity contribution is 6.31. The average molecular weight is 451 g/mol. The summed E-state index contributed by atoms with van der Waals surface area (Å²) >= 11 is 6.37. The lowest BCUT2D eigenvalue weighted by atomic mass is 9.95. The predicted molar refractivity (Wildman–Crippen MR) is 122 cm³/mol. The second-order valence-corrected chi connectivity index (χ2v) is 7.99. The van der Waals surface area contributed by atoms with E-state index in [1.807, 2.05) is 30.3 Å². The number of hydrogen-bond acceptors (Lipinski definition) is 3. The third kappa shape index (κ3) is 4.24. The molecule has 1 atom stereocenters. The zero-order valence-corrected chi connectivity index (χ0v) is 18.1. The maximum Gasteiger partial charge on any atom is 0.322 e. The average Bonchev–Trinajstić information content (AvgIpc) is 3.11. The van der Waals surface area contributed by atoms with E-state index in [-0.39, 0.29) is 37.5 Å². The van der Waals surface area contributed by atoms with Crippen LogP contribution in [-0.2, 0) is 16.1 Å². The number of rotatable bonds is 7. The Hall–Kier alpha value is -3.58. The van der Waals surface area contributed by atoms with E-state index in [2.05, 4.69) is 17.2 Å². The van der Waals surface area contributed by atoms with Gasteiger partial charge in [-0.3, -0.25) is 14.5 Å². The van der Waals surface area contributed by atoms with Crippen molar-refractivity contribution in [2.24, 2.45) is 0 Å². The lowest BCUT2D eigenvalue weighted by Gasteiger charge is -2.33. The first-order valence-corrected chi connectivity index (χ1v) is 10.6. The van der Waals surface area contributed by atoms with Crippen molar-refractivity contribution in [3.05, 3.63) is 94.7 Å². The molecule has 2 aromatic carbocycles. The Morgan fingerprint density at radius 2 is 1.88 bits per heavy atom. The number of nitrogens with one attached hydrogen (secondary N) is 2. The summed E-state index contributed by atoms with van der Waals surface area (Å²) in [5, 5.41) is 6.17. The van der Waals surface area contributed by atoms with Crippen LogP contribution in [0.4, 0.5) is 4.79 Å². The zero-order valence-electron chi connectivity index (χ0n) is 17.4. The number of hydrogen-bond donors (Lipinski definition) is 2. The van der Waals surface area contributed by atoms with Crippen LogP contribution in [0.1, 0.15) is 17.2 Å². The quantitative estimate of drug-likeness (QED) is 0.636. The molecule has 0 fully saturated rings. The van der Waals surface area contributed by atoms with Crippen LogP contribution < -0.4 is 10.6 Å². The second kappa shape index (κ2) is 9.28. The molecule has 0 aromatic heterocycles. The number of benzene rings is 2. The van der Waals surface area contributed by atoms with Gasteiger partial charge in [-0.25, -0.2) is 4.79 Å². The molecule has 2 aliphatic rings. The van der Waals surface area contributed by atoms with E-state index in [1.54, 1.807) is 30.3 Å². The van der Waals surface area contributed by atoms with Crippen molar-refractivity contribution in [3.63, 3.8) is 0 Å². The summed E-state index contributed by atoms with van der Waals surface area (Å²) in [5.74, 6) is -0.570. The van der Waals surface area contributed by atoms with Crippen molar-refractivity contribution in [2.45, 2.75) is 12.6 Å². The minimum absolute atomic E-state index is 0.107. The highest BCUT2D eigenvalue weighted by atomic mass is 35.5. The Morgan fingerprint density at radius 3 is 2.59 bits per heavy atom. The maximum atomic E-state index is 13.3. The van der Waals surface area contributed by atoms with Crippen LogP contribution in [0.25, 0.3) is 0 Å². The van der Waals surface area contributed by atoms with Gasteiger partial charge >= 0.3 is 6.03 Å². The van der Waals surface area contributed by atoms with Gasteiger partial charge in [-0.15, -0.1) is 6.58 Å². The monoisotopic (exact) mass is 450 g/mol. The van der Waals surface area contributed by atoms with Crippen LogP contribution in [0.2, 0.25) is 5.02 Å². The van der Waals surface area contributed by atoms with Crippen LogP contribution in [0.15, 0.2) is 78.5 Å². The smallest absolute Gasteiger partial charge is 0.322 e. The molecular weight excluding hydrogens is 428 g/mol. The van der Waals surface area contributed by atoms with Gasteiger partial charge in [0, 0.05) is 18.1 Å². The van der Waals surface area contributed by atoms with E-state index in [4.69, 9.17) is 11.6 Å². The topological polar surface area (TPSA) is 81.8 Å². The third-order valence-corrected chi connectivity index (χ3v) is 5.84. The molecule has 4 amide bonds. The van der Waals surface area contributed by atoms with Gasteiger partial charge in [0.1, 0.15) is 6.54 Å².